The summed E-state index contributed by atoms with van der Waals surface area (Å²) in [4.78, 5) is 23.2. The average molecular weight is 350 g/mol. The number of benzene rings is 1. The van der Waals surface area contributed by atoms with E-state index in [0.29, 0.717) is 0 Å². The molecule has 1 rings (SSSR count). The first-order valence-corrected chi connectivity index (χ1v) is 8.94. The lowest BCUT2D eigenvalue weighted by Gasteiger charge is -2.35. The molecular formula is C13H19ClN2O5P+. The van der Waals surface area contributed by atoms with Gasteiger partial charge in [-0.05, 0) is 26.8 Å². The van der Waals surface area contributed by atoms with Crippen LogP contribution in [0.5, 0.6) is 0 Å². The van der Waals surface area contributed by atoms with Crippen LogP contribution < -0.4 is 4.25 Å². The van der Waals surface area contributed by atoms with Crippen LogP contribution in [0.15, 0.2) is 18.2 Å². The minimum atomic E-state index is -2.63. The van der Waals surface area contributed by atoms with E-state index in [-0.39, 0.29) is 23.0 Å². The second kappa shape index (κ2) is 7.22. The largest absolute Gasteiger partial charge is 0.524 e. The van der Waals surface area contributed by atoms with E-state index in [1.54, 1.807) is 20.8 Å². The van der Waals surface area contributed by atoms with Crippen LogP contribution in [0.1, 0.15) is 20.8 Å². The second-order valence-corrected chi connectivity index (χ2v) is 7.10. The van der Waals surface area contributed by atoms with Crippen molar-refractivity contribution in [3.8, 4) is 0 Å². The van der Waals surface area contributed by atoms with Crippen LogP contribution in [0.25, 0.3) is 0 Å². The van der Waals surface area contributed by atoms with Gasteiger partial charge < -0.3 is 4.74 Å². The summed E-state index contributed by atoms with van der Waals surface area (Å²) < 4.78 is 16.8. The number of hydrogen-bond donors (Lipinski definition) is 0. The molecule has 0 heterocycles. The highest BCUT2D eigenvalue weighted by Crippen LogP contribution is 2.48. The van der Waals surface area contributed by atoms with Gasteiger partial charge in [0.05, 0.1) is 11.5 Å². The van der Waals surface area contributed by atoms with Gasteiger partial charge in [-0.1, -0.05) is 11.6 Å². The van der Waals surface area contributed by atoms with Crippen molar-refractivity contribution in [3.05, 3.63) is 33.3 Å². The van der Waals surface area contributed by atoms with Crippen molar-refractivity contribution in [3.63, 3.8) is 0 Å². The summed E-state index contributed by atoms with van der Waals surface area (Å²) in [6, 6.07) is 3.35. The molecule has 0 saturated heterocycles. The van der Waals surface area contributed by atoms with Gasteiger partial charge in [-0.15, -0.1) is 4.25 Å². The van der Waals surface area contributed by atoms with Gasteiger partial charge in [-0.2, -0.15) is 4.79 Å². The smallest absolute Gasteiger partial charge is 0.420 e. The van der Waals surface area contributed by atoms with Crippen molar-refractivity contribution in [2.75, 3.05) is 13.3 Å². The van der Waals surface area contributed by atoms with E-state index in [9.17, 15) is 19.5 Å². The summed E-state index contributed by atoms with van der Waals surface area (Å²) >= 11 is 5.94. The van der Waals surface area contributed by atoms with Gasteiger partial charge in [0.2, 0.25) is 13.6 Å². The maximum absolute atomic E-state index is 12.5. The molecule has 0 aromatic heterocycles. The van der Waals surface area contributed by atoms with Gasteiger partial charge in [0.1, 0.15) is 6.04 Å². The monoisotopic (exact) mass is 349 g/mol. The number of rotatable bonds is 5. The first kappa shape index (κ1) is 18.6. The van der Waals surface area contributed by atoms with Crippen LogP contribution in [-0.2, 0) is 9.30 Å². The molecule has 0 aliphatic carbocycles. The van der Waals surface area contributed by atoms with E-state index in [1.165, 1.54) is 24.9 Å². The Hall–Kier alpha value is -1.43. The zero-order valence-corrected chi connectivity index (χ0v) is 14.6. The molecule has 1 aromatic rings. The summed E-state index contributed by atoms with van der Waals surface area (Å²) in [5, 5.41) is 11.5. The van der Waals surface area contributed by atoms with E-state index >= 15 is 0 Å². The number of nitro groups is 1. The molecule has 9 heteroatoms. The van der Waals surface area contributed by atoms with Crippen molar-refractivity contribution in [1.82, 2.24) is 4.25 Å². The van der Waals surface area contributed by atoms with E-state index in [2.05, 4.69) is 0 Å². The third-order valence-electron chi connectivity index (χ3n) is 3.34. The van der Waals surface area contributed by atoms with Gasteiger partial charge in [-0.25, -0.2) is 0 Å². The molecule has 0 aliphatic heterocycles. The molecule has 122 valence electrons. The third-order valence-corrected chi connectivity index (χ3v) is 5.51. The first-order chi connectivity index (χ1) is 10.2. The number of halogens is 1. The third kappa shape index (κ3) is 3.16. The Kier molecular flexibility index (Phi) is 6.11. The van der Waals surface area contributed by atoms with E-state index < -0.39 is 29.3 Å². The molecular weight excluding hydrogens is 331 g/mol. The van der Waals surface area contributed by atoms with Gasteiger partial charge in [0, 0.05) is 23.8 Å². The predicted molar refractivity (Wildman–Crippen MR) is 87.0 cm³/mol. The lowest BCUT2D eigenvalue weighted by atomic mass is 10.2. The number of amides is 1. The average Bonchev–Trinajstić information content (AvgIpc) is 2.38. The fourth-order valence-electron chi connectivity index (χ4n) is 2.41. The van der Waals surface area contributed by atoms with E-state index in [4.69, 9.17) is 16.3 Å². The molecule has 22 heavy (non-hydrogen) atoms. The summed E-state index contributed by atoms with van der Waals surface area (Å²) in [6.07, 6.45) is -0.783. The molecule has 0 aliphatic rings. The van der Waals surface area contributed by atoms with Crippen molar-refractivity contribution in [1.29, 1.82) is 0 Å². The van der Waals surface area contributed by atoms with Crippen LogP contribution in [-0.4, -0.2) is 30.3 Å². The molecule has 0 spiro atoms. The molecule has 1 amide bonds. The number of quaternary nitrogens is 1. The maximum atomic E-state index is 12.5. The maximum Gasteiger partial charge on any atom is 0.524 e. The summed E-state index contributed by atoms with van der Waals surface area (Å²) in [5.74, 6) is 0. The zero-order chi connectivity index (χ0) is 17.1. The SMILES string of the molecule is CCOC(=O)[N+](c1cc(Cl)ccc1[N+](=O)[O-])(C(C)C)[PH](C)=O. The highest BCUT2D eigenvalue weighted by molar-refractivity contribution is 7.44. The molecule has 2 unspecified atom stereocenters. The Morgan fingerprint density at radius 2 is 2.09 bits per heavy atom. The molecule has 0 bridgehead atoms. The van der Waals surface area contributed by atoms with Gasteiger partial charge in [0.25, 0.3) is 0 Å². The minimum absolute atomic E-state index is 0.0164. The molecule has 1 aromatic carbocycles. The van der Waals surface area contributed by atoms with Gasteiger partial charge in [0.15, 0.2) is 0 Å². The van der Waals surface area contributed by atoms with Crippen LogP contribution in [0.4, 0.5) is 16.2 Å². The summed E-state index contributed by atoms with van der Waals surface area (Å²) in [5.41, 5.74) is -0.330. The topological polar surface area (TPSA) is 86.5 Å². The fraction of sp³-hybridized carbons (Fsp3) is 0.462. The molecule has 2 atom stereocenters. The summed E-state index contributed by atoms with van der Waals surface area (Å²) in [7, 11) is -2.63. The van der Waals surface area contributed by atoms with Gasteiger partial charge in [-0.3, -0.25) is 14.7 Å². The number of nitro benzene ring substituents is 1. The van der Waals surface area contributed by atoms with Crippen LogP contribution >= 0.6 is 19.6 Å². The lowest BCUT2D eigenvalue weighted by Crippen LogP contribution is -2.53. The Balaban J connectivity index is 3.79. The molecule has 0 fully saturated rings. The second-order valence-electron chi connectivity index (χ2n) is 4.92. The van der Waals surface area contributed by atoms with Crippen molar-refractivity contribution >= 4 is 37.0 Å². The standard InChI is InChI=1S/C13H19ClN2O5P/c1-5-21-13(17)16(9(2)3,22(4)20)12-8-10(14)6-7-11(12)15(18)19/h6-9,22H,5H2,1-4H3/q+1. The van der Waals surface area contributed by atoms with Crippen LogP contribution in [0.3, 0.4) is 0 Å². The van der Waals surface area contributed by atoms with Gasteiger partial charge >= 0.3 is 11.8 Å². The van der Waals surface area contributed by atoms with Crippen LogP contribution in [0.2, 0.25) is 5.02 Å². The molecule has 0 saturated carbocycles. The quantitative estimate of drug-likeness (QED) is 0.451. The molecule has 0 N–H and O–H groups in total. The van der Waals surface area contributed by atoms with Crippen molar-refractivity contribution in [2.45, 2.75) is 26.8 Å². The fourth-order valence-corrected chi connectivity index (χ4v) is 4.14. The highest BCUT2D eigenvalue weighted by atomic mass is 35.5. The number of nitrogens with zero attached hydrogens (tertiary/aromatic N) is 2. The van der Waals surface area contributed by atoms with E-state index in [1.807, 2.05) is 0 Å². The van der Waals surface area contributed by atoms with Crippen LogP contribution in [0, 0.1) is 10.1 Å². The van der Waals surface area contributed by atoms with Crippen molar-refractivity contribution < 1.29 is 19.0 Å². The normalized spacial score (nSPS) is 15.2. The Morgan fingerprint density at radius 1 is 1.50 bits per heavy atom. The van der Waals surface area contributed by atoms with E-state index in [0.717, 1.165) is 0 Å². The lowest BCUT2D eigenvalue weighted by molar-refractivity contribution is -0.384. The van der Waals surface area contributed by atoms with Crippen molar-refractivity contribution in [2.24, 2.45) is 0 Å². The minimum Gasteiger partial charge on any atom is -0.420 e. The number of carbonyl (C=O) groups is 1. The number of carbonyl (C=O) groups excluding carboxylic acids is 1. The predicted octanol–water partition coefficient (Wildman–Crippen LogP) is 4.22. The Bertz CT molecular complexity index is 622. The number of hydrogen-bond acceptors (Lipinski definition) is 5. The summed E-state index contributed by atoms with van der Waals surface area (Å²) in [6.45, 7) is 6.40. The zero-order valence-electron chi connectivity index (χ0n) is 12.8. The first-order valence-electron chi connectivity index (χ1n) is 6.71. The Morgan fingerprint density at radius 3 is 2.50 bits per heavy atom. The number of ether oxygens (including phenoxy) is 1. The molecule has 7 nitrogen and oxygen atoms in total. The highest BCUT2D eigenvalue weighted by Gasteiger charge is 2.51. The molecule has 0 radical (unpaired) electrons. The Labute approximate surface area is 134 Å².